The highest BCUT2D eigenvalue weighted by Crippen LogP contribution is 2.40. The zero-order chi connectivity index (χ0) is 14.9. The molecule has 1 saturated carbocycles. The van der Waals surface area contributed by atoms with Crippen molar-refractivity contribution in [3.8, 4) is 0 Å². The Hall–Kier alpha value is -1.10. The van der Waals surface area contributed by atoms with Gasteiger partial charge in [-0.15, -0.1) is 0 Å². The van der Waals surface area contributed by atoms with E-state index in [4.69, 9.17) is 0 Å². The first-order chi connectivity index (χ1) is 10.1. The van der Waals surface area contributed by atoms with Gasteiger partial charge < -0.3 is 15.5 Å². The fourth-order valence-corrected chi connectivity index (χ4v) is 4.25. The number of carbonyl (C=O) groups excluding carboxylic acids is 2. The molecular formula is C16H27N3O2. The number of hydrogen-bond donors (Lipinski definition) is 2. The second-order valence-corrected chi connectivity index (χ2v) is 6.84. The lowest BCUT2D eigenvalue weighted by Gasteiger charge is -2.53. The van der Waals surface area contributed by atoms with Gasteiger partial charge in [-0.1, -0.05) is 26.2 Å². The Morgan fingerprint density at radius 2 is 1.76 bits per heavy atom. The van der Waals surface area contributed by atoms with E-state index in [0.717, 1.165) is 71.0 Å². The number of nitrogens with zero attached hydrogens (tertiary/aromatic N) is 1. The summed E-state index contributed by atoms with van der Waals surface area (Å²) < 4.78 is 0. The zero-order valence-corrected chi connectivity index (χ0v) is 13.0. The summed E-state index contributed by atoms with van der Waals surface area (Å²) in [5.74, 6) is 0.288. The predicted molar refractivity (Wildman–Crippen MR) is 80.8 cm³/mol. The molecule has 2 aliphatic heterocycles. The molecule has 2 amide bonds. The molecule has 3 fully saturated rings. The molecule has 3 aliphatic rings. The average Bonchev–Trinajstić information content (AvgIpc) is 2.96. The highest BCUT2D eigenvalue weighted by atomic mass is 16.2. The van der Waals surface area contributed by atoms with Crippen LogP contribution < -0.4 is 10.6 Å². The summed E-state index contributed by atoms with van der Waals surface area (Å²) in [6.45, 7) is 4.49. The van der Waals surface area contributed by atoms with Crippen molar-refractivity contribution in [2.24, 2.45) is 0 Å². The van der Waals surface area contributed by atoms with Crippen LogP contribution in [0.5, 0.6) is 0 Å². The van der Waals surface area contributed by atoms with E-state index in [0.29, 0.717) is 0 Å². The molecule has 0 unspecified atom stereocenters. The van der Waals surface area contributed by atoms with Crippen molar-refractivity contribution < 1.29 is 9.59 Å². The predicted octanol–water partition coefficient (Wildman–Crippen LogP) is 1.18. The Morgan fingerprint density at radius 3 is 2.38 bits per heavy atom. The van der Waals surface area contributed by atoms with Gasteiger partial charge in [-0.05, 0) is 45.2 Å². The van der Waals surface area contributed by atoms with Gasteiger partial charge in [-0.3, -0.25) is 9.59 Å². The van der Waals surface area contributed by atoms with Crippen LogP contribution in [0.4, 0.5) is 0 Å². The van der Waals surface area contributed by atoms with Crippen molar-refractivity contribution >= 4 is 11.8 Å². The van der Waals surface area contributed by atoms with Crippen molar-refractivity contribution in [1.29, 1.82) is 0 Å². The Labute approximate surface area is 126 Å². The Balaban J connectivity index is 1.92. The number of piperazine rings is 1. The normalized spacial score (nSPS) is 27.4. The van der Waals surface area contributed by atoms with Gasteiger partial charge in [0, 0.05) is 6.54 Å². The van der Waals surface area contributed by atoms with Crippen molar-refractivity contribution in [3.63, 3.8) is 0 Å². The minimum atomic E-state index is -0.592. The molecule has 0 radical (unpaired) electrons. The van der Waals surface area contributed by atoms with Gasteiger partial charge in [-0.25, -0.2) is 0 Å². The second-order valence-electron chi connectivity index (χ2n) is 6.84. The fourth-order valence-electron chi connectivity index (χ4n) is 4.25. The highest BCUT2D eigenvalue weighted by molar-refractivity contribution is 6.02. The standard InChI is InChI=1S/C16H27N3O2/c1-2-3-12-19-14(21)15(6-4-5-7-15)18-13(20)16(19)8-10-17-11-9-16/h17H,2-12H2,1H3,(H,18,20). The number of nitrogens with one attached hydrogen (secondary N) is 2. The summed E-state index contributed by atoms with van der Waals surface area (Å²) in [5, 5.41) is 6.46. The van der Waals surface area contributed by atoms with E-state index >= 15 is 0 Å². The van der Waals surface area contributed by atoms with E-state index in [2.05, 4.69) is 17.6 Å². The summed E-state index contributed by atoms with van der Waals surface area (Å²) in [7, 11) is 0. The molecular weight excluding hydrogens is 266 g/mol. The number of hydrogen-bond acceptors (Lipinski definition) is 3. The molecule has 118 valence electrons. The highest BCUT2D eigenvalue weighted by Gasteiger charge is 2.58. The van der Waals surface area contributed by atoms with Crippen molar-refractivity contribution in [1.82, 2.24) is 15.5 Å². The van der Waals surface area contributed by atoms with E-state index in [1.165, 1.54) is 0 Å². The minimum absolute atomic E-state index is 0.0987. The molecule has 5 nitrogen and oxygen atoms in total. The van der Waals surface area contributed by atoms with E-state index in [1.807, 2.05) is 4.90 Å². The zero-order valence-electron chi connectivity index (χ0n) is 13.0. The van der Waals surface area contributed by atoms with E-state index in [1.54, 1.807) is 0 Å². The number of carbonyl (C=O) groups is 2. The first kappa shape index (κ1) is 14.8. The number of unbranched alkanes of at least 4 members (excludes halogenated alkanes) is 1. The first-order valence-corrected chi connectivity index (χ1v) is 8.50. The van der Waals surface area contributed by atoms with Crippen molar-refractivity contribution in [2.75, 3.05) is 19.6 Å². The van der Waals surface area contributed by atoms with Gasteiger partial charge in [-0.2, -0.15) is 0 Å². The molecule has 5 heteroatoms. The van der Waals surface area contributed by atoms with Gasteiger partial charge in [0.1, 0.15) is 11.1 Å². The molecule has 3 rings (SSSR count). The Kier molecular flexibility index (Phi) is 3.95. The lowest BCUT2D eigenvalue weighted by atomic mass is 9.78. The van der Waals surface area contributed by atoms with Gasteiger partial charge in [0.05, 0.1) is 0 Å². The van der Waals surface area contributed by atoms with Gasteiger partial charge in [0.25, 0.3) is 0 Å². The van der Waals surface area contributed by atoms with E-state index in [-0.39, 0.29) is 11.8 Å². The smallest absolute Gasteiger partial charge is 0.249 e. The van der Waals surface area contributed by atoms with E-state index < -0.39 is 11.1 Å². The van der Waals surface area contributed by atoms with Crippen LogP contribution in [0.25, 0.3) is 0 Å². The summed E-state index contributed by atoms with van der Waals surface area (Å²) in [4.78, 5) is 28.0. The van der Waals surface area contributed by atoms with Crippen LogP contribution in [0.3, 0.4) is 0 Å². The molecule has 0 atom stereocenters. The number of amides is 2. The van der Waals surface area contributed by atoms with Gasteiger partial charge in [0.15, 0.2) is 0 Å². The van der Waals surface area contributed by atoms with Crippen LogP contribution in [-0.4, -0.2) is 47.4 Å². The molecule has 2 N–H and O–H groups in total. The largest absolute Gasteiger partial charge is 0.340 e. The summed E-state index contributed by atoms with van der Waals surface area (Å²) >= 11 is 0. The third kappa shape index (κ3) is 2.26. The second kappa shape index (κ2) is 5.59. The third-order valence-corrected chi connectivity index (χ3v) is 5.57. The third-order valence-electron chi connectivity index (χ3n) is 5.57. The molecule has 21 heavy (non-hydrogen) atoms. The Morgan fingerprint density at radius 1 is 1.10 bits per heavy atom. The number of rotatable bonds is 3. The van der Waals surface area contributed by atoms with Crippen molar-refractivity contribution in [2.45, 2.75) is 69.4 Å². The van der Waals surface area contributed by atoms with Crippen LogP contribution in [0, 0.1) is 0 Å². The molecule has 0 aromatic carbocycles. The summed E-state index contributed by atoms with van der Waals surface area (Å²) in [5.41, 5.74) is -1.17. The molecule has 2 heterocycles. The Bertz CT molecular complexity index is 423. The topological polar surface area (TPSA) is 61.4 Å². The van der Waals surface area contributed by atoms with Crippen LogP contribution in [0.15, 0.2) is 0 Å². The van der Waals surface area contributed by atoms with Crippen LogP contribution in [-0.2, 0) is 9.59 Å². The summed E-state index contributed by atoms with van der Waals surface area (Å²) in [6, 6.07) is 0. The lowest BCUT2D eigenvalue weighted by Crippen LogP contribution is -2.76. The maximum Gasteiger partial charge on any atom is 0.249 e. The van der Waals surface area contributed by atoms with E-state index in [9.17, 15) is 9.59 Å². The SMILES string of the molecule is CCCCN1C(=O)C2(CCCC2)NC(=O)C12CCNCC2. The van der Waals surface area contributed by atoms with Crippen LogP contribution in [0.2, 0.25) is 0 Å². The average molecular weight is 293 g/mol. The minimum Gasteiger partial charge on any atom is -0.340 e. The first-order valence-electron chi connectivity index (χ1n) is 8.50. The lowest BCUT2D eigenvalue weighted by molar-refractivity contribution is -0.165. The fraction of sp³-hybridized carbons (Fsp3) is 0.875. The van der Waals surface area contributed by atoms with Crippen LogP contribution >= 0.6 is 0 Å². The molecule has 0 aromatic rings. The van der Waals surface area contributed by atoms with Gasteiger partial charge in [0.2, 0.25) is 11.8 Å². The van der Waals surface area contributed by atoms with Crippen LogP contribution in [0.1, 0.15) is 58.3 Å². The maximum absolute atomic E-state index is 13.2. The maximum atomic E-state index is 13.2. The quantitative estimate of drug-likeness (QED) is 0.821. The summed E-state index contributed by atoms with van der Waals surface area (Å²) in [6.07, 6.45) is 7.22. The van der Waals surface area contributed by atoms with Gasteiger partial charge >= 0.3 is 0 Å². The molecule has 2 spiro atoms. The molecule has 0 bridgehead atoms. The molecule has 2 saturated heterocycles. The molecule has 1 aliphatic carbocycles. The monoisotopic (exact) mass is 293 g/mol. The number of piperidine rings is 1. The van der Waals surface area contributed by atoms with Crippen molar-refractivity contribution in [3.05, 3.63) is 0 Å². The molecule has 0 aromatic heterocycles.